The van der Waals surface area contributed by atoms with Crippen molar-refractivity contribution in [2.45, 2.75) is 0 Å². The molecular formula is C55H36IrN-. The average molecular weight is 903 g/mol. The van der Waals surface area contributed by atoms with Crippen LogP contribution in [-0.2, 0) is 20.1 Å². The molecule has 0 saturated heterocycles. The van der Waals surface area contributed by atoms with Crippen molar-refractivity contribution in [2.24, 2.45) is 0 Å². The summed E-state index contributed by atoms with van der Waals surface area (Å²) in [6.45, 7) is 0. The van der Waals surface area contributed by atoms with Crippen molar-refractivity contribution >= 4 is 53.9 Å². The minimum atomic E-state index is 0. The molecular weight excluding hydrogens is 867 g/mol. The summed E-state index contributed by atoms with van der Waals surface area (Å²) >= 11 is 0. The summed E-state index contributed by atoms with van der Waals surface area (Å²) in [5.74, 6) is 0. The van der Waals surface area contributed by atoms with Crippen LogP contribution in [0.4, 0.5) is 0 Å². The molecule has 0 unspecified atom stereocenters. The van der Waals surface area contributed by atoms with Crippen molar-refractivity contribution < 1.29 is 20.1 Å². The van der Waals surface area contributed by atoms with Gasteiger partial charge in [0.2, 0.25) is 0 Å². The van der Waals surface area contributed by atoms with Gasteiger partial charge in [0.05, 0.1) is 0 Å². The number of fused-ring (bicyclic) bond motifs is 7. The Morgan fingerprint density at radius 1 is 0.316 bits per heavy atom. The summed E-state index contributed by atoms with van der Waals surface area (Å²) in [5.41, 5.74) is 9.46. The number of rotatable bonds is 4. The van der Waals surface area contributed by atoms with Gasteiger partial charge in [-0.15, -0.1) is 35.4 Å². The van der Waals surface area contributed by atoms with Gasteiger partial charge in [-0.2, -0.15) is 0 Å². The van der Waals surface area contributed by atoms with Crippen LogP contribution in [0.25, 0.3) is 98.5 Å². The third-order valence-corrected chi connectivity index (χ3v) is 10.8. The standard InChI is InChI=1S/C38H24.C17H12N.Ir/c1-6-16-31-25(11-1)21-28(36-22-26-12-2-4-14-29(26)32-17-7-9-19-34(32)36)24-37(31)38-23-27-13-3-5-15-30(27)33-18-8-10-20-35(33)38;1-2-7-14(8-3-1)15-9-6-10-16(13-15)17-11-4-5-12-18-17;/h1-24H;1-9,11-13H;/q;-1;. The van der Waals surface area contributed by atoms with Crippen molar-refractivity contribution in [1.82, 2.24) is 4.98 Å². The quantitative estimate of drug-likeness (QED) is 0.127. The van der Waals surface area contributed by atoms with E-state index in [1.54, 1.807) is 6.20 Å². The molecule has 0 spiro atoms. The van der Waals surface area contributed by atoms with Gasteiger partial charge in [0.1, 0.15) is 0 Å². The van der Waals surface area contributed by atoms with Crippen LogP contribution in [0.3, 0.4) is 0 Å². The van der Waals surface area contributed by atoms with E-state index in [0.717, 1.165) is 11.3 Å². The molecule has 1 nitrogen and oxygen atoms in total. The molecule has 0 atom stereocenters. The maximum Gasteiger partial charge on any atom is 0.0160 e. The fourth-order valence-corrected chi connectivity index (χ4v) is 8.21. The van der Waals surface area contributed by atoms with Crippen LogP contribution in [0.1, 0.15) is 0 Å². The molecule has 2 heteroatoms. The van der Waals surface area contributed by atoms with Crippen LogP contribution in [-0.4, -0.2) is 4.98 Å². The molecule has 1 heterocycles. The van der Waals surface area contributed by atoms with E-state index < -0.39 is 0 Å². The topological polar surface area (TPSA) is 12.9 Å². The Bertz CT molecular complexity index is 3130. The predicted molar refractivity (Wildman–Crippen MR) is 239 cm³/mol. The molecule has 11 aromatic rings. The fourth-order valence-electron chi connectivity index (χ4n) is 8.21. The number of aromatic nitrogens is 1. The van der Waals surface area contributed by atoms with Gasteiger partial charge in [0.25, 0.3) is 0 Å². The van der Waals surface area contributed by atoms with Gasteiger partial charge in [-0.05, 0) is 118 Å². The van der Waals surface area contributed by atoms with Gasteiger partial charge in [-0.25, -0.2) is 0 Å². The summed E-state index contributed by atoms with van der Waals surface area (Å²) in [4.78, 5) is 4.35. The Balaban J connectivity index is 0.000000187. The molecule has 10 aromatic carbocycles. The van der Waals surface area contributed by atoms with E-state index in [4.69, 9.17) is 0 Å². The molecule has 0 bridgehead atoms. The molecule has 0 fully saturated rings. The van der Waals surface area contributed by atoms with Gasteiger partial charge in [-0.1, -0.05) is 164 Å². The number of benzene rings is 10. The molecule has 0 aliphatic rings. The molecule has 271 valence electrons. The van der Waals surface area contributed by atoms with Crippen LogP contribution in [0.2, 0.25) is 0 Å². The molecule has 57 heavy (non-hydrogen) atoms. The van der Waals surface area contributed by atoms with Crippen LogP contribution in [0.5, 0.6) is 0 Å². The van der Waals surface area contributed by atoms with E-state index in [2.05, 4.69) is 181 Å². The molecule has 11 rings (SSSR count). The zero-order chi connectivity index (χ0) is 37.3. The summed E-state index contributed by atoms with van der Waals surface area (Å²) in [5, 5.41) is 12.8. The fraction of sp³-hybridized carbons (Fsp3) is 0. The molecule has 0 saturated carbocycles. The maximum absolute atomic E-state index is 4.35. The Morgan fingerprint density at radius 2 is 0.807 bits per heavy atom. The molecule has 1 radical (unpaired) electrons. The van der Waals surface area contributed by atoms with Gasteiger partial charge in [-0.3, -0.25) is 0 Å². The van der Waals surface area contributed by atoms with E-state index in [1.807, 2.05) is 42.5 Å². The summed E-state index contributed by atoms with van der Waals surface area (Å²) in [6.07, 6.45) is 1.80. The predicted octanol–water partition coefficient (Wildman–Crippen LogP) is 15.0. The van der Waals surface area contributed by atoms with Crippen molar-refractivity contribution in [3.63, 3.8) is 0 Å². The second kappa shape index (κ2) is 15.8. The van der Waals surface area contributed by atoms with Crippen LogP contribution in [0, 0.1) is 6.07 Å². The molecule has 0 N–H and O–H groups in total. The summed E-state index contributed by atoms with van der Waals surface area (Å²) < 4.78 is 0. The van der Waals surface area contributed by atoms with E-state index in [-0.39, 0.29) is 20.1 Å². The zero-order valence-electron chi connectivity index (χ0n) is 31.1. The summed E-state index contributed by atoms with van der Waals surface area (Å²) in [7, 11) is 0. The Morgan fingerprint density at radius 3 is 1.44 bits per heavy atom. The first kappa shape index (κ1) is 36.0. The smallest absolute Gasteiger partial charge is 0.0160 e. The van der Waals surface area contributed by atoms with Crippen LogP contribution in [0.15, 0.2) is 219 Å². The number of hydrogen-bond donors (Lipinski definition) is 0. The van der Waals surface area contributed by atoms with Gasteiger partial charge in [0, 0.05) is 26.3 Å². The minimum absolute atomic E-state index is 0. The summed E-state index contributed by atoms with van der Waals surface area (Å²) in [6, 6.07) is 79.0. The molecule has 1 aromatic heterocycles. The minimum Gasteiger partial charge on any atom is -0.305 e. The van der Waals surface area contributed by atoms with Crippen LogP contribution >= 0.6 is 0 Å². The first-order valence-electron chi connectivity index (χ1n) is 19.1. The van der Waals surface area contributed by atoms with E-state index in [1.165, 1.54) is 87.2 Å². The SMILES string of the molecule is [Ir].[c-]1ccc(-c2ccccc2)cc1-c1ccccn1.c1ccc2c(-c3cc4ccccc4c4ccccc34)cc(-c3cc4ccccc4c4ccccc34)cc2c1. The van der Waals surface area contributed by atoms with Crippen molar-refractivity contribution in [1.29, 1.82) is 0 Å². The van der Waals surface area contributed by atoms with Crippen molar-refractivity contribution in [3.8, 4) is 44.6 Å². The average Bonchev–Trinajstić information content (AvgIpc) is 3.29. The molecule has 0 amide bonds. The van der Waals surface area contributed by atoms with Crippen molar-refractivity contribution in [2.75, 3.05) is 0 Å². The van der Waals surface area contributed by atoms with Gasteiger partial charge >= 0.3 is 0 Å². The second-order valence-electron chi connectivity index (χ2n) is 14.2. The van der Waals surface area contributed by atoms with E-state index >= 15 is 0 Å². The third kappa shape index (κ3) is 6.91. The molecule has 0 aliphatic heterocycles. The van der Waals surface area contributed by atoms with Gasteiger partial charge < -0.3 is 4.98 Å². The number of pyridine rings is 1. The monoisotopic (exact) mass is 903 g/mol. The van der Waals surface area contributed by atoms with Crippen LogP contribution < -0.4 is 0 Å². The second-order valence-corrected chi connectivity index (χ2v) is 14.2. The largest absolute Gasteiger partial charge is 0.305 e. The van der Waals surface area contributed by atoms with Gasteiger partial charge in [0.15, 0.2) is 0 Å². The normalized spacial score (nSPS) is 11.0. The zero-order valence-corrected chi connectivity index (χ0v) is 33.5. The van der Waals surface area contributed by atoms with E-state index in [9.17, 15) is 0 Å². The number of nitrogens with zero attached hydrogens (tertiary/aromatic N) is 1. The third-order valence-electron chi connectivity index (χ3n) is 10.8. The maximum atomic E-state index is 4.35. The molecule has 0 aliphatic carbocycles. The van der Waals surface area contributed by atoms with Crippen molar-refractivity contribution in [3.05, 3.63) is 225 Å². The Kier molecular flexibility index (Phi) is 9.97. The first-order chi connectivity index (χ1) is 27.8. The Hall–Kier alpha value is -6.70. The number of hydrogen-bond acceptors (Lipinski definition) is 1. The van der Waals surface area contributed by atoms with E-state index in [0.29, 0.717) is 0 Å². The first-order valence-corrected chi connectivity index (χ1v) is 19.1. The Labute approximate surface area is 346 Å².